The summed E-state index contributed by atoms with van der Waals surface area (Å²) >= 11 is 5.31. The van der Waals surface area contributed by atoms with Gasteiger partial charge in [-0.05, 0) is 36.8 Å². The lowest BCUT2D eigenvalue weighted by atomic mass is 10.3. The summed E-state index contributed by atoms with van der Waals surface area (Å²) in [4.78, 5) is 13.8. The van der Waals surface area contributed by atoms with E-state index in [9.17, 15) is 0 Å². The Kier molecular flexibility index (Phi) is 4.01. The third kappa shape index (κ3) is 2.93. The monoisotopic (exact) mass is 428 g/mol. The van der Waals surface area contributed by atoms with Gasteiger partial charge in [-0.25, -0.2) is 14.5 Å². The van der Waals surface area contributed by atoms with Crippen LogP contribution in [-0.4, -0.2) is 45.8 Å². The molecule has 8 heteroatoms. The summed E-state index contributed by atoms with van der Waals surface area (Å²) in [5.41, 5.74) is 1.95. The van der Waals surface area contributed by atoms with Crippen molar-refractivity contribution < 1.29 is 0 Å². The molecular formula is C18H17BrN6S. The molecule has 0 unspecified atom stereocenters. The molecule has 26 heavy (non-hydrogen) atoms. The average molecular weight is 429 g/mol. The van der Waals surface area contributed by atoms with E-state index in [1.807, 2.05) is 22.8 Å². The second kappa shape index (κ2) is 6.51. The number of rotatable bonds is 2. The molecule has 0 saturated carbocycles. The van der Waals surface area contributed by atoms with Gasteiger partial charge in [0.25, 0.3) is 0 Å². The van der Waals surface area contributed by atoms with Crippen LogP contribution in [0.3, 0.4) is 0 Å². The zero-order valence-corrected chi connectivity index (χ0v) is 16.4. The lowest BCUT2D eigenvalue weighted by Gasteiger charge is -2.22. The number of thiazole rings is 1. The van der Waals surface area contributed by atoms with E-state index in [0.717, 1.165) is 59.2 Å². The minimum atomic E-state index is 0.880. The third-order valence-corrected chi connectivity index (χ3v) is 6.24. The predicted molar refractivity (Wildman–Crippen MR) is 109 cm³/mol. The topological polar surface area (TPSA) is 49.6 Å². The van der Waals surface area contributed by atoms with E-state index >= 15 is 0 Å². The lowest BCUT2D eigenvalue weighted by Crippen LogP contribution is -2.31. The van der Waals surface area contributed by atoms with Crippen LogP contribution in [0.4, 0.5) is 10.9 Å². The van der Waals surface area contributed by atoms with E-state index in [4.69, 9.17) is 4.98 Å². The quantitative estimate of drug-likeness (QED) is 0.485. The van der Waals surface area contributed by atoms with Gasteiger partial charge in [0.15, 0.2) is 10.8 Å². The molecular weight excluding hydrogens is 412 g/mol. The molecule has 0 atom stereocenters. The van der Waals surface area contributed by atoms with Crippen molar-refractivity contribution in [3.63, 3.8) is 0 Å². The van der Waals surface area contributed by atoms with E-state index in [0.29, 0.717) is 0 Å². The highest BCUT2D eigenvalue weighted by Crippen LogP contribution is 2.31. The standard InChI is InChI=1S/C18H17BrN6S/c19-13-2-3-14-15(12-13)26-18(21-14)24-8-1-7-23(10-11-24)17-5-4-16-20-6-9-25(16)22-17/h2-6,9,12H,1,7-8,10-11H2. The molecule has 0 spiro atoms. The minimum absolute atomic E-state index is 0.880. The van der Waals surface area contributed by atoms with Crippen LogP contribution in [-0.2, 0) is 0 Å². The van der Waals surface area contributed by atoms with Gasteiger partial charge in [0, 0.05) is 43.0 Å². The van der Waals surface area contributed by atoms with Crippen molar-refractivity contribution in [2.45, 2.75) is 6.42 Å². The van der Waals surface area contributed by atoms with Gasteiger partial charge in [-0.15, -0.1) is 5.10 Å². The van der Waals surface area contributed by atoms with Crippen molar-refractivity contribution in [1.29, 1.82) is 0 Å². The Labute approximate surface area is 163 Å². The molecule has 4 aromatic rings. The van der Waals surface area contributed by atoms with E-state index in [-0.39, 0.29) is 0 Å². The second-order valence-electron chi connectivity index (χ2n) is 6.36. The molecule has 0 aliphatic carbocycles. The van der Waals surface area contributed by atoms with Crippen LogP contribution in [0.1, 0.15) is 6.42 Å². The van der Waals surface area contributed by atoms with Crippen molar-refractivity contribution >= 4 is 54.1 Å². The number of halogens is 1. The van der Waals surface area contributed by atoms with Crippen molar-refractivity contribution in [3.05, 3.63) is 47.2 Å². The summed E-state index contributed by atoms with van der Waals surface area (Å²) in [6.07, 6.45) is 4.76. The van der Waals surface area contributed by atoms with Crippen LogP contribution < -0.4 is 9.80 Å². The first-order chi connectivity index (χ1) is 12.8. The van der Waals surface area contributed by atoms with Crippen LogP contribution in [0.2, 0.25) is 0 Å². The van der Waals surface area contributed by atoms with Gasteiger partial charge in [-0.3, -0.25) is 0 Å². The molecule has 5 rings (SSSR count). The molecule has 1 fully saturated rings. The van der Waals surface area contributed by atoms with Crippen LogP contribution in [0, 0.1) is 0 Å². The van der Waals surface area contributed by atoms with Crippen molar-refractivity contribution in [1.82, 2.24) is 19.6 Å². The number of imidazole rings is 1. The van der Waals surface area contributed by atoms with E-state index in [1.54, 1.807) is 17.5 Å². The second-order valence-corrected chi connectivity index (χ2v) is 8.28. The summed E-state index contributed by atoms with van der Waals surface area (Å²) in [6.45, 7) is 3.91. The molecule has 0 radical (unpaired) electrons. The summed E-state index contributed by atoms with van der Waals surface area (Å²) in [5.74, 6) is 1.01. The normalized spacial score (nSPS) is 15.7. The predicted octanol–water partition coefficient (Wildman–Crippen LogP) is 3.82. The van der Waals surface area contributed by atoms with Crippen molar-refractivity contribution in [2.24, 2.45) is 0 Å². The summed E-state index contributed by atoms with van der Waals surface area (Å²) in [6, 6.07) is 10.4. The fourth-order valence-corrected chi connectivity index (χ4v) is 4.90. The molecule has 1 aromatic carbocycles. The Hall–Kier alpha value is -2.19. The zero-order chi connectivity index (χ0) is 17.5. The summed E-state index contributed by atoms with van der Waals surface area (Å²) < 4.78 is 4.16. The molecule has 1 saturated heterocycles. The molecule has 3 aromatic heterocycles. The minimum Gasteiger partial charge on any atom is -0.353 e. The first-order valence-electron chi connectivity index (χ1n) is 8.63. The zero-order valence-electron chi connectivity index (χ0n) is 14.0. The molecule has 132 valence electrons. The molecule has 1 aliphatic heterocycles. The van der Waals surface area contributed by atoms with Crippen LogP contribution in [0.25, 0.3) is 15.9 Å². The fourth-order valence-electron chi connectivity index (χ4n) is 3.33. The van der Waals surface area contributed by atoms with Crippen LogP contribution in [0.5, 0.6) is 0 Å². The number of fused-ring (bicyclic) bond motifs is 2. The van der Waals surface area contributed by atoms with Crippen molar-refractivity contribution in [2.75, 3.05) is 36.0 Å². The van der Waals surface area contributed by atoms with Crippen molar-refractivity contribution in [3.8, 4) is 0 Å². The maximum atomic E-state index is 4.83. The fraction of sp³-hybridized carbons (Fsp3) is 0.278. The van der Waals surface area contributed by atoms with E-state index in [1.165, 1.54) is 4.70 Å². The number of aromatic nitrogens is 4. The number of benzene rings is 1. The van der Waals surface area contributed by atoms with E-state index in [2.05, 4.69) is 54.0 Å². The maximum Gasteiger partial charge on any atom is 0.186 e. The Morgan fingerprint density at radius 2 is 1.88 bits per heavy atom. The van der Waals surface area contributed by atoms with Gasteiger partial charge in [0.1, 0.15) is 5.82 Å². The summed E-state index contributed by atoms with van der Waals surface area (Å²) in [7, 11) is 0. The van der Waals surface area contributed by atoms with E-state index < -0.39 is 0 Å². The van der Waals surface area contributed by atoms with Crippen LogP contribution >= 0.6 is 27.3 Å². The molecule has 1 aliphatic rings. The van der Waals surface area contributed by atoms with Gasteiger partial charge in [0.2, 0.25) is 0 Å². The van der Waals surface area contributed by atoms with Gasteiger partial charge in [0.05, 0.1) is 10.2 Å². The van der Waals surface area contributed by atoms with Gasteiger partial charge in [-0.1, -0.05) is 27.3 Å². The number of nitrogens with zero attached hydrogens (tertiary/aromatic N) is 6. The highest BCUT2D eigenvalue weighted by atomic mass is 79.9. The number of hydrogen-bond acceptors (Lipinski definition) is 6. The molecule has 0 amide bonds. The number of hydrogen-bond donors (Lipinski definition) is 0. The number of anilines is 2. The smallest absolute Gasteiger partial charge is 0.186 e. The highest BCUT2D eigenvalue weighted by molar-refractivity contribution is 9.10. The van der Waals surface area contributed by atoms with Gasteiger partial charge >= 0.3 is 0 Å². The average Bonchev–Trinajstić information content (AvgIpc) is 3.20. The van der Waals surface area contributed by atoms with Crippen LogP contribution in [0.15, 0.2) is 47.2 Å². The Morgan fingerprint density at radius 1 is 1.00 bits per heavy atom. The summed E-state index contributed by atoms with van der Waals surface area (Å²) in [5, 5.41) is 5.80. The first-order valence-corrected chi connectivity index (χ1v) is 10.2. The SMILES string of the molecule is Brc1ccc2nc(N3CCCN(c4ccc5nccn5n4)CC3)sc2c1. The highest BCUT2D eigenvalue weighted by Gasteiger charge is 2.19. The van der Waals surface area contributed by atoms with Gasteiger partial charge < -0.3 is 9.80 Å². The molecule has 4 heterocycles. The molecule has 0 N–H and O–H groups in total. The van der Waals surface area contributed by atoms with Gasteiger partial charge in [-0.2, -0.15) is 0 Å². The largest absolute Gasteiger partial charge is 0.353 e. The Bertz CT molecular complexity index is 1070. The Balaban J connectivity index is 1.37. The molecule has 0 bridgehead atoms. The third-order valence-electron chi connectivity index (χ3n) is 4.67. The lowest BCUT2D eigenvalue weighted by molar-refractivity contribution is 0.776. The molecule has 6 nitrogen and oxygen atoms in total. The Morgan fingerprint density at radius 3 is 2.85 bits per heavy atom. The first kappa shape index (κ1) is 16.0. The maximum absolute atomic E-state index is 4.83.